The first kappa shape index (κ1) is 28.5. The smallest absolute Gasteiger partial charge is 0.338 e. The predicted molar refractivity (Wildman–Crippen MR) is 151 cm³/mol. The van der Waals surface area contributed by atoms with Crippen molar-refractivity contribution in [1.82, 2.24) is 14.9 Å². The molecule has 0 aliphatic carbocycles. The molecule has 4 aromatic rings. The molecule has 2 N–H and O–H groups in total. The highest BCUT2D eigenvalue weighted by atomic mass is 32.2. The van der Waals surface area contributed by atoms with Crippen LogP contribution in [0.3, 0.4) is 0 Å². The Labute approximate surface area is 233 Å². The lowest BCUT2D eigenvalue weighted by Crippen LogP contribution is -2.29. The number of thioether (sulfide) groups is 1. The van der Waals surface area contributed by atoms with Gasteiger partial charge in [-0.3, -0.25) is 19.0 Å². The zero-order valence-electron chi connectivity index (χ0n) is 21.7. The molecule has 1 heterocycles. The van der Waals surface area contributed by atoms with Crippen LogP contribution in [-0.4, -0.2) is 39.7 Å². The lowest BCUT2D eigenvalue weighted by Gasteiger charge is -2.13. The predicted octanol–water partition coefficient (Wildman–Crippen LogP) is 4.15. The third kappa shape index (κ3) is 7.54. The number of hydrogen-bond acceptors (Lipinski definition) is 7. The van der Waals surface area contributed by atoms with Crippen LogP contribution in [0, 0.1) is 5.82 Å². The maximum absolute atomic E-state index is 13.2. The maximum Gasteiger partial charge on any atom is 0.338 e. The van der Waals surface area contributed by atoms with E-state index in [1.54, 1.807) is 67.6 Å². The first-order chi connectivity index (χ1) is 19.3. The molecule has 0 unspecified atom stereocenters. The van der Waals surface area contributed by atoms with Crippen molar-refractivity contribution in [3.63, 3.8) is 0 Å². The van der Waals surface area contributed by atoms with Crippen molar-refractivity contribution in [2.75, 3.05) is 17.7 Å². The number of carbonyl (C=O) groups excluding carboxylic acids is 3. The Morgan fingerprint density at radius 2 is 1.70 bits per heavy atom. The molecular formula is C29H27FN4O5S. The van der Waals surface area contributed by atoms with Gasteiger partial charge in [0.2, 0.25) is 11.8 Å². The van der Waals surface area contributed by atoms with Gasteiger partial charge in [0.05, 0.1) is 28.8 Å². The zero-order chi connectivity index (χ0) is 28.5. The van der Waals surface area contributed by atoms with Crippen LogP contribution in [0.5, 0.6) is 0 Å². The molecule has 0 atom stereocenters. The minimum Gasteiger partial charge on any atom is -0.462 e. The third-order valence-corrected chi connectivity index (χ3v) is 6.78. The monoisotopic (exact) mass is 562 g/mol. The van der Waals surface area contributed by atoms with E-state index < -0.39 is 5.97 Å². The van der Waals surface area contributed by atoms with Crippen molar-refractivity contribution in [1.29, 1.82) is 0 Å². The molecular weight excluding hydrogens is 535 g/mol. The molecule has 11 heteroatoms. The summed E-state index contributed by atoms with van der Waals surface area (Å²) >= 11 is 1.08. The highest BCUT2D eigenvalue weighted by Gasteiger charge is 2.15. The van der Waals surface area contributed by atoms with Gasteiger partial charge < -0.3 is 15.4 Å². The summed E-state index contributed by atoms with van der Waals surface area (Å²) in [6.45, 7) is 2.28. The van der Waals surface area contributed by atoms with Crippen molar-refractivity contribution in [3.05, 3.63) is 100 Å². The fourth-order valence-electron chi connectivity index (χ4n) is 3.79. The van der Waals surface area contributed by atoms with Gasteiger partial charge in [-0.05, 0) is 61.0 Å². The van der Waals surface area contributed by atoms with Crippen LogP contribution in [0.15, 0.2) is 82.7 Å². The average molecular weight is 563 g/mol. The van der Waals surface area contributed by atoms with Crippen molar-refractivity contribution in [2.45, 2.75) is 31.6 Å². The van der Waals surface area contributed by atoms with Gasteiger partial charge in [-0.2, -0.15) is 0 Å². The van der Waals surface area contributed by atoms with Crippen molar-refractivity contribution >= 4 is 46.1 Å². The van der Waals surface area contributed by atoms with Crippen molar-refractivity contribution in [3.8, 4) is 0 Å². The number of benzene rings is 3. The van der Waals surface area contributed by atoms with Crippen LogP contribution in [-0.2, 0) is 27.4 Å². The first-order valence-corrected chi connectivity index (χ1v) is 13.5. The molecule has 2 amide bonds. The van der Waals surface area contributed by atoms with Gasteiger partial charge >= 0.3 is 5.97 Å². The lowest BCUT2D eigenvalue weighted by atomic mass is 10.2. The number of fused-ring (bicyclic) bond motifs is 1. The van der Waals surface area contributed by atoms with E-state index in [-0.39, 0.29) is 55.1 Å². The van der Waals surface area contributed by atoms with Crippen molar-refractivity contribution < 1.29 is 23.5 Å². The fourth-order valence-corrected chi connectivity index (χ4v) is 4.62. The molecule has 0 aliphatic rings. The van der Waals surface area contributed by atoms with E-state index in [4.69, 9.17) is 4.74 Å². The number of anilines is 1. The molecule has 40 heavy (non-hydrogen) atoms. The van der Waals surface area contributed by atoms with Gasteiger partial charge in [-0.15, -0.1) is 0 Å². The molecule has 4 rings (SSSR count). The largest absolute Gasteiger partial charge is 0.462 e. The topological polar surface area (TPSA) is 119 Å². The molecule has 0 aliphatic heterocycles. The standard InChI is InChI=1S/C29H27FN4O5S/c1-2-39-28(38)20-9-13-22(14-10-20)32-26(36)18-40-29-33-24-6-4-3-5-23(24)27(37)34(29)16-15-25(35)31-17-19-7-11-21(30)12-8-19/h3-14H,2,15-18H2,1H3,(H,31,35)(H,32,36). The lowest BCUT2D eigenvalue weighted by molar-refractivity contribution is -0.121. The van der Waals surface area contributed by atoms with E-state index in [0.717, 1.165) is 17.3 Å². The molecule has 206 valence electrons. The summed E-state index contributed by atoms with van der Waals surface area (Å²) in [5, 5.41) is 6.23. The SMILES string of the molecule is CCOC(=O)c1ccc(NC(=O)CSc2nc3ccccc3c(=O)n2CCC(=O)NCc2ccc(F)cc2)cc1. The molecule has 0 saturated heterocycles. The Balaban J connectivity index is 1.41. The van der Waals surface area contributed by atoms with Crippen LogP contribution in [0.2, 0.25) is 0 Å². The number of aromatic nitrogens is 2. The van der Waals surface area contributed by atoms with E-state index in [1.165, 1.54) is 16.7 Å². The number of ether oxygens (including phenoxy) is 1. The number of rotatable bonds is 11. The summed E-state index contributed by atoms with van der Waals surface area (Å²) in [4.78, 5) is 54.8. The second kappa shape index (κ2) is 13.5. The second-order valence-electron chi connectivity index (χ2n) is 8.66. The van der Waals surface area contributed by atoms with E-state index in [1.807, 2.05) is 0 Å². The van der Waals surface area contributed by atoms with Crippen LogP contribution in [0.4, 0.5) is 10.1 Å². The number of esters is 1. The number of hydrogen-bond donors (Lipinski definition) is 2. The number of nitrogens with zero attached hydrogens (tertiary/aromatic N) is 2. The summed E-state index contributed by atoms with van der Waals surface area (Å²) < 4.78 is 19.5. The van der Waals surface area contributed by atoms with Crippen LogP contribution in [0.1, 0.15) is 29.3 Å². The minimum atomic E-state index is -0.444. The maximum atomic E-state index is 13.2. The minimum absolute atomic E-state index is 0.00763. The molecule has 0 bridgehead atoms. The Morgan fingerprint density at radius 3 is 2.42 bits per heavy atom. The number of carbonyl (C=O) groups is 3. The van der Waals surface area contributed by atoms with Crippen LogP contribution >= 0.6 is 11.8 Å². The first-order valence-electron chi connectivity index (χ1n) is 12.5. The summed E-state index contributed by atoms with van der Waals surface area (Å²) in [6.07, 6.45) is 0.00763. The number of halogens is 1. The van der Waals surface area contributed by atoms with E-state index in [0.29, 0.717) is 27.3 Å². The normalized spacial score (nSPS) is 10.8. The Kier molecular flexibility index (Phi) is 9.63. The van der Waals surface area contributed by atoms with Crippen molar-refractivity contribution in [2.24, 2.45) is 0 Å². The third-order valence-electron chi connectivity index (χ3n) is 5.80. The van der Waals surface area contributed by atoms with E-state index in [2.05, 4.69) is 15.6 Å². The zero-order valence-corrected chi connectivity index (χ0v) is 22.5. The van der Waals surface area contributed by atoms with Gasteiger partial charge in [0.1, 0.15) is 5.82 Å². The van der Waals surface area contributed by atoms with E-state index in [9.17, 15) is 23.6 Å². The van der Waals surface area contributed by atoms with Gasteiger partial charge in [0.15, 0.2) is 5.16 Å². The molecule has 3 aromatic carbocycles. The Morgan fingerprint density at radius 1 is 0.975 bits per heavy atom. The van der Waals surface area contributed by atoms with Gasteiger partial charge in [-0.1, -0.05) is 36.0 Å². The summed E-state index contributed by atoms with van der Waals surface area (Å²) in [6, 6.07) is 19.0. The molecule has 0 spiro atoms. The Hall–Kier alpha value is -4.51. The average Bonchev–Trinajstić information content (AvgIpc) is 2.96. The summed E-state index contributed by atoms with van der Waals surface area (Å²) in [7, 11) is 0. The number of amides is 2. The van der Waals surface area contributed by atoms with Crippen LogP contribution < -0.4 is 16.2 Å². The molecule has 0 radical (unpaired) electrons. The quantitative estimate of drug-likeness (QED) is 0.160. The summed E-state index contributed by atoms with van der Waals surface area (Å²) in [5.41, 5.74) is 1.80. The Bertz CT molecular complexity index is 1570. The molecule has 0 saturated carbocycles. The van der Waals surface area contributed by atoms with Crippen LogP contribution in [0.25, 0.3) is 10.9 Å². The second-order valence-corrected chi connectivity index (χ2v) is 9.60. The highest BCUT2D eigenvalue weighted by molar-refractivity contribution is 7.99. The molecule has 9 nitrogen and oxygen atoms in total. The summed E-state index contributed by atoms with van der Waals surface area (Å²) in [5.74, 6) is -1.46. The molecule has 0 fully saturated rings. The van der Waals surface area contributed by atoms with Gasteiger partial charge in [-0.25, -0.2) is 14.2 Å². The fraction of sp³-hybridized carbons (Fsp3) is 0.207. The van der Waals surface area contributed by atoms with E-state index >= 15 is 0 Å². The highest BCUT2D eigenvalue weighted by Crippen LogP contribution is 2.19. The number of para-hydroxylation sites is 1. The van der Waals surface area contributed by atoms with Gasteiger partial charge in [0.25, 0.3) is 5.56 Å². The van der Waals surface area contributed by atoms with Gasteiger partial charge in [0, 0.05) is 25.2 Å². The molecule has 1 aromatic heterocycles. The number of nitrogens with one attached hydrogen (secondary N) is 2.